The van der Waals surface area contributed by atoms with Crippen LogP contribution in [0.2, 0.25) is 0 Å². The van der Waals surface area contributed by atoms with E-state index in [0.717, 1.165) is 30.4 Å². The average molecular weight is 311 g/mol. The topological polar surface area (TPSA) is 66.4 Å². The van der Waals surface area contributed by atoms with Crippen LogP contribution in [0.15, 0.2) is 24.3 Å². The molecule has 21 heavy (non-hydrogen) atoms. The molecule has 2 N–H and O–H groups in total. The van der Waals surface area contributed by atoms with Gasteiger partial charge in [-0.2, -0.15) is 0 Å². The minimum absolute atomic E-state index is 0.00864. The summed E-state index contributed by atoms with van der Waals surface area (Å²) in [7, 11) is -3.34. The fourth-order valence-electron chi connectivity index (χ4n) is 2.93. The first-order valence-electron chi connectivity index (χ1n) is 7.51. The molecule has 0 aliphatic heterocycles. The number of aliphatic hydroxyl groups is 1. The number of aliphatic hydroxyl groups excluding tert-OH is 1. The SMILES string of the molecule is CC1(C)CCCCC1NS(=O)(=O)Cc1ccc(CO)cc1. The van der Waals surface area contributed by atoms with Gasteiger partial charge in [-0.25, -0.2) is 13.1 Å². The molecule has 0 amide bonds. The van der Waals surface area contributed by atoms with Gasteiger partial charge in [0.2, 0.25) is 10.0 Å². The second kappa shape index (κ2) is 6.46. The van der Waals surface area contributed by atoms with Crippen molar-refractivity contribution in [3.05, 3.63) is 35.4 Å². The number of sulfonamides is 1. The Hall–Kier alpha value is -0.910. The van der Waals surface area contributed by atoms with E-state index in [0.29, 0.717) is 0 Å². The van der Waals surface area contributed by atoms with Crippen molar-refractivity contribution in [1.29, 1.82) is 0 Å². The van der Waals surface area contributed by atoms with Crippen molar-refractivity contribution in [3.8, 4) is 0 Å². The van der Waals surface area contributed by atoms with Gasteiger partial charge in [-0.1, -0.05) is 51.0 Å². The van der Waals surface area contributed by atoms with E-state index in [1.807, 2.05) is 0 Å². The van der Waals surface area contributed by atoms with Crippen LogP contribution in [0.25, 0.3) is 0 Å². The van der Waals surface area contributed by atoms with Crippen LogP contribution in [-0.2, 0) is 22.4 Å². The van der Waals surface area contributed by atoms with Gasteiger partial charge in [-0.05, 0) is 29.4 Å². The lowest BCUT2D eigenvalue weighted by Gasteiger charge is -2.38. The Morgan fingerprint density at radius 3 is 2.38 bits per heavy atom. The molecule has 0 spiro atoms. The Kier molecular flexibility index (Phi) is 5.07. The number of nitrogens with one attached hydrogen (secondary N) is 1. The highest BCUT2D eigenvalue weighted by atomic mass is 32.2. The molecule has 2 rings (SSSR count). The van der Waals surface area contributed by atoms with Crippen molar-refractivity contribution in [2.24, 2.45) is 5.41 Å². The van der Waals surface area contributed by atoms with Crippen molar-refractivity contribution >= 4 is 10.0 Å². The summed E-state index contributed by atoms with van der Waals surface area (Å²) in [5.74, 6) is -0.00864. The second-order valence-electron chi connectivity index (χ2n) is 6.64. The molecule has 1 aromatic rings. The average Bonchev–Trinajstić information content (AvgIpc) is 2.41. The molecular formula is C16H25NO3S. The van der Waals surface area contributed by atoms with Gasteiger partial charge in [0.05, 0.1) is 12.4 Å². The molecule has 1 aliphatic rings. The van der Waals surface area contributed by atoms with Crippen molar-refractivity contribution in [2.75, 3.05) is 0 Å². The molecule has 1 saturated carbocycles. The van der Waals surface area contributed by atoms with E-state index < -0.39 is 10.0 Å². The van der Waals surface area contributed by atoms with Crippen LogP contribution in [-0.4, -0.2) is 19.6 Å². The fourth-order valence-corrected chi connectivity index (χ4v) is 4.52. The number of hydrogen-bond donors (Lipinski definition) is 2. The molecule has 4 nitrogen and oxygen atoms in total. The molecule has 0 saturated heterocycles. The molecule has 0 radical (unpaired) electrons. The molecule has 1 unspecified atom stereocenters. The molecule has 0 heterocycles. The van der Waals surface area contributed by atoms with Crippen molar-refractivity contribution in [2.45, 2.75) is 57.9 Å². The first-order valence-corrected chi connectivity index (χ1v) is 9.16. The lowest BCUT2D eigenvalue weighted by molar-refractivity contribution is 0.188. The van der Waals surface area contributed by atoms with Crippen LogP contribution in [0, 0.1) is 5.41 Å². The van der Waals surface area contributed by atoms with E-state index in [1.165, 1.54) is 6.42 Å². The third kappa shape index (κ3) is 4.53. The number of hydrogen-bond acceptors (Lipinski definition) is 3. The van der Waals surface area contributed by atoms with Crippen molar-refractivity contribution in [3.63, 3.8) is 0 Å². The standard InChI is InChI=1S/C16H25NO3S/c1-16(2)10-4-3-5-15(16)17-21(19,20)12-14-8-6-13(11-18)7-9-14/h6-9,15,17-18H,3-5,10-12H2,1-2H3. The summed E-state index contributed by atoms with van der Waals surface area (Å²) >= 11 is 0. The summed E-state index contributed by atoms with van der Waals surface area (Å²) in [5.41, 5.74) is 1.55. The Balaban J connectivity index is 2.04. The minimum atomic E-state index is -3.34. The second-order valence-corrected chi connectivity index (χ2v) is 8.39. The predicted molar refractivity (Wildman–Crippen MR) is 84.2 cm³/mol. The van der Waals surface area contributed by atoms with E-state index in [4.69, 9.17) is 5.11 Å². The van der Waals surface area contributed by atoms with E-state index in [2.05, 4.69) is 18.6 Å². The molecule has 1 atom stereocenters. The first-order chi connectivity index (χ1) is 9.82. The van der Waals surface area contributed by atoms with Gasteiger partial charge in [-0.15, -0.1) is 0 Å². The molecule has 1 fully saturated rings. The van der Waals surface area contributed by atoms with E-state index in [-0.39, 0.29) is 23.8 Å². The summed E-state index contributed by atoms with van der Waals surface area (Å²) in [4.78, 5) is 0. The Morgan fingerprint density at radius 2 is 1.81 bits per heavy atom. The van der Waals surface area contributed by atoms with Gasteiger partial charge in [0, 0.05) is 6.04 Å². The smallest absolute Gasteiger partial charge is 0.216 e. The summed E-state index contributed by atoms with van der Waals surface area (Å²) in [6.07, 6.45) is 4.23. The van der Waals surface area contributed by atoms with Gasteiger partial charge < -0.3 is 5.11 Å². The van der Waals surface area contributed by atoms with Crippen LogP contribution in [0.3, 0.4) is 0 Å². The minimum Gasteiger partial charge on any atom is -0.392 e. The third-order valence-corrected chi connectivity index (χ3v) is 5.75. The maximum Gasteiger partial charge on any atom is 0.216 e. The summed E-state index contributed by atoms with van der Waals surface area (Å²) in [5, 5.41) is 9.00. The normalized spacial score (nSPS) is 22.1. The largest absolute Gasteiger partial charge is 0.392 e. The van der Waals surface area contributed by atoms with Crippen LogP contribution < -0.4 is 4.72 Å². The van der Waals surface area contributed by atoms with Gasteiger partial charge >= 0.3 is 0 Å². The molecule has 0 aromatic heterocycles. The Morgan fingerprint density at radius 1 is 1.19 bits per heavy atom. The highest BCUT2D eigenvalue weighted by molar-refractivity contribution is 7.88. The maximum atomic E-state index is 12.3. The van der Waals surface area contributed by atoms with Crippen LogP contribution in [0.5, 0.6) is 0 Å². The maximum absolute atomic E-state index is 12.3. The van der Waals surface area contributed by atoms with E-state index in [1.54, 1.807) is 24.3 Å². The van der Waals surface area contributed by atoms with Gasteiger partial charge in [0.1, 0.15) is 0 Å². The molecule has 1 aromatic carbocycles. The highest BCUT2D eigenvalue weighted by Crippen LogP contribution is 2.35. The zero-order chi connectivity index (χ0) is 15.5. The summed E-state index contributed by atoms with van der Waals surface area (Å²) < 4.78 is 27.6. The zero-order valence-corrected chi connectivity index (χ0v) is 13.6. The number of rotatable bonds is 5. The van der Waals surface area contributed by atoms with Crippen molar-refractivity contribution in [1.82, 2.24) is 4.72 Å². The molecule has 118 valence electrons. The monoisotopic (exact) mass is 311 g/mol. The molecule has 1 aliphatic carbocycles. The van der Waals surface area contributed by atoms with Crippen LogP contribution in [0.4, 0.5) is 0 Å². The first kappa shape index (κ1) is 16.5. The van der Waals surface area contributed by atoms with Crippen LogP contribution in [0.1, 0.15) is 50.7 Å². The predicted octanol–water partition coefficient (Wildman–Crippen LogP) is 2.57. The number of benzene rings is 1. The fraction of sp³-hybridized carbons (Fsp3) is 0.625. The Bertz CT molecular complexity index is 564. The highest BCUT2D eigenvalue weighted by Gasteiger charge is 2.34. The van der Waals surface area contributed by atoms with E-state index >= 15 is 0 Å². The molecular weight excluding hydrogens is 286 g/mol. The summed E-state index contributed by atoms with van der Waals surface area (Å²) in [6.45, 7) is 4.24. The Labute approximate surface area is 127 Å². The van der Waals surface area contributed by atoms with Gasteiger partial charge in [0.15, 0.2) is 0 Å². The zero-order valence-electron chi connectivity index (χ0n) is 12.8. The van der Waals surface area contributed by atoms with Crippen molar-refractivity contribution < 1.29 is 13.5 Å². The van der Waals surface area contributed by atoms with Gasteiger partial charge in [0.25, 0.3) is 0 Å². The third-order valence-electron chi connectivity index (χ3n) is 4.39. The van der Waals surface area contributed by atoms with Crippen LogP contribution >= 0.6 is 0 Å². The quantitative estimate of drug-likeness (QED) is 0.878. The molecule has 0 bridgehead atoms. The molecule has 5 heteroatoms. The summed E-state index contributed by atoms with van der Waals surface area (Å²) in [6, 6.07) is 7.06. The lowest BCUT2D eigenvalue weighted by Crippen LogP contribution is -2.47. The van der Waals surface area contributed by atoms with E-state index in [9.17, 15) is 8.42 Å². The van der Waals surface area contributed by atoms with Gasteiger partial charge in [-0.3, -0.25) is 0 Å². The lowest BCUT2D eigenvalue weighted by atomic mass is 9.74.